The van der Waals surface area contributed by atoms with Gasteiger partial charge in [0.25, 0.3) is 0 Å². The highest BCUT2D eigenvalue weighted by Crippen LogP contribution is 2.59. The van der Waals surface area contributed by atoms with Crippen LogP contribution in [0, 0.1) is 5.41 Å². The molecular formula is C42H46F3NO5S. The van der Waals surface area contributed by atoms with E-state index < -0.39 is 50.6 Å². The third-order valence-corrected chi connectivity index (χ3v) is 12.7. The van der Waals surface area contributed by atoms with Gasteiger partial charge < -0.3 is 10.2 Å². The number of aliphatic hydroxyl groups is 2. The largest absolute Gasteiger partial charge is 0.416 e. The number of ketones is 1. The van der Waals surface area contributed by atoms with Crippen molar-refractivity contribution >= 4 is 26.6 Å². The van der Waals surface area contributed by atoms with Gasteiger partial charge in [0, 0.05) is 29.6 Å². The number of sulfonamides is 1. The zero-order valence-electron chi connectivity index (χ0n) is 29.8. The molecule has 0 spiro atoms. The summed E-state index contributed by atoms with van der Waals surface area (Å²) in [5, 5.41) is 25.6. The first kappa shape index (κ1) is 37.9. The maximum Gasteiger partial charge on any atom is 0.416 e. The number of carbonyl (C=O) groups is 1. The van der Waals surface area contributed by atoms with Crippen LogP contribution in [0.2, 0.25) is 0 Å². The van der Waals surface area contributed by atoms with Crippen LogP contribution in [0.1, 0.15) is 96.5 Å². The summed E-state index contributed by atoms with van der Waals surface area (Å²) >= 11 is 0. The molecule has 1 saturated carbocycles. The molecule has 10 heteroatoms. The molecule has 4 aromatic carbocycles. The first-order valence-corrected chi connectivity index (χ1v) is 19.7. The van der Waals surface area contributed by atoms with E-state index in [1.807, 2.05) is 68.4 Å². The highest BCUT2D eigenvalue weighted by molar-refractivity contribution is 7.88. The highest BCUT2D eigenvalue weighted by atomic mass is 32.2. The van der Waals surface area contributed by atoms with Gasteiger partial charge in [0.05, 0.1) is 23.5 Å². The van der Waals surface area contributed by atoms with Crippen molar-refractivity contribution in [3.8, 4) is 0 Å². The average molecular weight is 734 g/mol. The van der Waals surface area contributed by atoms with E-state index in [4.69, 9.17) is 0 Å². The summed E-state index contributed by atoms with van der Waals surface area (Å²) in [7, 11) is -3.82. The van der Waals surface area contributed by atoms with Crippen molar-refractivity contribution in [2.45, 2.75) is 89.1 Å². The number of alkyl halides is 3. The van der Waals surface area contributed by atoms with E-state index in [2.05, 4.69) is 6.08 Å². The molecule has 0 aromatic heterocycles. The van der Waals surface area contributed by atoms with Crippen molar-refractivity contribution in [2.24, 2.45) is 5.41 Å². The summed E-state index contributed by atoms with van der Waals surface area (Å²) in [5.74, 6) is -1.01. The molecule has 52 heavy (non-hydrogen) atoms. The predicted molar refractivity (Wildman–Crippen MR) is 197 cm³/mol. The standard InChI is InChI=1S/C42H46F3NO5S/c1-28-9-8-21-40(2)38(20-22-41(40,49)27-46(52(3,50)51)26-32-13-6-11-30-10-4-5-15-35(30)32)36-19-17-29(23-34(47)18-16-28)24-37(36)39(48)31-12-7-14-33(25-31)42(43,44)45/h4-7,9-15,17,19,24-25,34,38,47,49H,8,16,18,20-23,26-27H2,1-3H3. The van der Waals surface area contributed by atoms with E-state index in [9.17, 15) is 36.6 Å². The Labute approximate surface area is 304 Å². The fourth-order valence-corrected chi connectivity index (χ4v) is 9.21. The van der Waals surface area contributed by atoms with E-state index in [1.165, 1.54) is 16.4 Å². The lowest BCUT2D eigenvalue weighted by Crippen LogP contribution is -2.53. The summed E-state index contributed by atoms with van der Waals surface area (Å²) in [6.07, 6.45) is 1.02. The zero-order valence-corrected chi connectivity index (χ0v) is 30.6. The second kappa shape index (κ2) is 14.5. The van der Waals surface area contributed by atoms with Gasteiger partial charge >= 0.3 is 6.18 Å². The molecule has 4 unspecified atom stereocenters. The Balaban J connectivity index is 1.45. The van der Waals surface area contributed by atoms with Crippen LogP contribution in [-0.2, 0) is 29.2 Å². The Bertz CT molecular complexity index is 2110. The zero-order chi connectivity index (χ0) is 37.5. The minimum absolute atomic E-state index is 0.0541. The number of nitrogens with zero attached hydrogens (tertiary/aromatic N) is 1. The number of allylic oxidation sites excluding steroid dienone is 2. The van der Waals surface area contributed by atoms with Gasteiger partial charge in [-0.05, 0) is 103 Å². The van der Waals surface area contributed by atoms with Crippen LogP contribution >= 0.6 is 0 Å². The van der Waals surface area contributed by atoms with Gasteiger partial charge in [0.2, 0.25) is 10.0 Å². The molecule has 1 fully saturated rings. The van der Waals surface area contributed by atoms with Crippen LogP contribution in [0.4, 0.5) is 13.2 Å². The molecule has 4 aromatic rings. The first-order chi connectivity index (χ1) is 24.5. The quantitative estimate of drug-likeness (QED) is 0.147. The van der Waals surface area contributed by atoms with Crippen molar-refractivity contribution < 1.29 is 36.6 Å². The van der Waals surface area contributed by atoms with E-state index in [0.29, 0.717) is 43.2 Å². The lowest BCUT2D eigenvalue weighted by molar-refractivity contribution is -0.137. The van der Waals surface area contributed by atoms with Gasteiger partial charge in [-0.3, -0.25) is 4.79 Å². The Morgan fingerprint density at radius 3 is 2.44 bits per heavy atom. The number of hydrogen-bond acceptors (Lipinski definition) is 5. The minimum Gasteiger partial charge on any atom is -0.393 e. The maximum atomic E-state index is 14.3. The predicted octanol–water partition coefficient (Wildman–Crippen LogP) is 8.59. The normalized spacial score (nSPS) is 24.4. The van der Waals surface area contributed by atoms with Crippen LogP contribution in [-0.4, -0.2) is 53.2 Å². The van der Waals surface area contributed by atoms with Gasteiger partial charge in [0.1, 0.15) is 0 Å². The van der Waals surface area contributed by atoms with E-state index >= 15 is 0 Å². The second-order valence-corrected chi connectivity index (χ2v) is 17.0. The molecule has 0 radical (unpaired) electrons. The first-order valence-electron chi connectivity index (χ1n) is 17.8. The fourth-order valence-electron chi connectivity index (χ4n) is 8.39. The molecular weight excluding hydrogens is 688 g/mol. The molecule has 6 nitrogen and oxygen atoms in total. The molecule has 2 bridgehead atoms. The van der Waals surface area contributed by atoms with Crippen molar-refractivity contribution in [1.29, 1.82) is 0 Å². The molecule has 2 N–H and O–H groups in total. The summed E-state index contributed by atoms with van der Waals surface area (Å²) in [6.45, 7) is 3.84. The van der Waals surface area contributed by atoms with E-state index in [0.717, 1.165) is 40.3 Å². The topological polar surface area (TPSA) is 94.9 Å². The molecule has 276 valence electrons. The van der Waals surface area contributed by atoms with E-state index in [1.54, 1.807) is 6.07 Å². The molecule has 0 amide bonds. The molecule has 7 rings (SSSR count). The summed E-state index contributed by atoms with van der Waals surface area (Å²) in [4.78, 5) is 14.3. The second-order valence-electron chi connectivity index (χ2n) is 15.0. The van der Waals surface area contributed by atoms with Crippen LogP contribution in [0.5, 0.6) is 0 Å². The maximum absolute atomic E-state index is 14.3. The Morgan fingerprint density at radius 2 is 1.69 bits per heavy atom. The monoisotopic (exact) mass is 733 g/mol. The van der Waals surface area contributed by atoms with Crippen LogP contribution in [0.3, 0.4) is 0 Å². The summed E-state index contributed by atoms with van der Waals surface area (Å²) in [5.41, 5.74) is -0.0948. The van der Waals surface area contributed by atoms with Crippen LogP contribution in [0.25, 0.3) is 10.8 Å². The van der Waals surface area contributed by atoms with E-state index in [-0.39, 0.29) is 37.1 Å². The van der Waals surface area contributed by atoms with Crippen LogP contribution in [0.15, 0.2) is 96.6 Å². The highest BCUT2D eigenvalue weighted by Gasteiger charge is 2.58. The van der Waals surface area contributed by atoms with Crippen molar-refractivity contribution in [3.05, 3.63) is 130 Å². The van der Waals surface area contributed by atoms with Gasteiger partial charge in [-0.1, -0.05) is 85.3 Å². The number of fused-ring (bicyclic) bond motifs is 9. The lowest BCUT2D eigenvalue weighted by Gasteiger charge is -2.45. The third-order valence-electron chi connectivity index (χ3n) is 11.5. The number of rotatable bonds is 7. The van der Waals surface area contributed by atoms with Gasteiger partial charge in [-0.25, -0.2) is 8.42 Å². The van der Waals surface area contributed by atoms with Gasteiger partial charge in [-0.2, -0.15) is 17.5 Å². The Hall–Kier alpha value is -3.83. The number of benzene rings is 4. The number of carbonyl (C=O) groups excluding carboxylic acids is 1. The summed E-state index contributed by atoms with van der Waals surface area (Å²) < 4.78 is 69.5. The Morgan fingerprint density at radius 1 is 0.962 bits per heavy atom. The van der Waals surface area contributed by atoms with Crippen molar-refractivity contribution in [3.63, 3.8) is 0 Å². The SMILES string of the molecule is CC1=CCCC2(C)C(CCC2(O)CN(Cc2cccc3ccccc23)S(C)(=O)=O)c2ccc(cc2C(=O)c2cccc(C(F)(F)F)c2)CC(O)CC1. The molecule has 3 aliphatic carbocycles. The molecule has 0 heterocycles. The number of aliphatic hydroxyl groups excluding tert-OH is 1. The van der Waals surface area contributed by atoms with Crippen molar-refractivity contribution in [2.75, 3.05) is 12.8 Å². The van der Waals surface area contributed by atoms with Gasteiger partial charge in [-0.15, -0.1) is 0 Å². The number of halogens is 3. The molecule has 4 atom stereocenters. The van der Waals surface area contributed by atoms with Gasteiger partial charge in [0.15, 0.2) is 5.78 Å². The Kier molecular flexibility index (Phi) is 10.6. The third kappa shape index (κ3) is 7.76. The van der Waals surface area contributed by atoms with Crippen molar-refractivity contribution in [1.82, 2.24) is 4.31 Å². The summed E-state index contributed by atoms with van der Waals surface area (Å²) in [6, 6.07) is 23.2. The molecule has 0 aliphatic heterocycles. The molecule has 3 aliphatic rings. The average Bonchev–Trinajstić information content (AvgIpc) is 3.34. The minimum atomic E-state index is -4.64. The molecule has 0 saturated heterocycles. The smallest absolute Gasteiger partial charge is 0.393 e. The van der Waals surface area contributed by atoms with Crippen LogP contribution < -0.4 is 0 Å². The fraction of sp³-hybridized carbons (Fsp3) is 0.405. The number of hydrogen-bond donors (Lipinski definition) is 2. The lowest BCUT2D eigenvalue weighted by atomic mass is 9.64.